The quantitative estimate of drug-likeness (QED) is 0.410. The van der Waals surface area contributed by atoms with Gasteiger partial charge in [0.1, 0.15) is 0 Å². The lowest BCUT2D eigenvalue weighted by molar-refractivity contribution is -0.177. The normalized spacial score (nSPS) is 38.2. The van der Waals surface area contributed by atoms with Gasteiger partial charge in [-0.15, -0.1) is 11.6 Å². The molecule has 2 unspecified atom stereocenters. The van der Waals surface area contributed by atoms with E-state index in [0.717, 1.165) is 51.4 Å². The van der Waals surface area contributed by atoms with E-state index in [0.29, 0.717) is 18.4 Å². The van der Waals surface area contributed by atoms with Gasteiger partial charge in [0.05, 0.1) is 5.41 Å². The van der Waals surface area contributed by atoms with E-state index >= 15 is 0 Å². The number of hydrogen-bond acceptors (Lipinski definition) is 3. The van der Waals surface area contributed by atoms with Crippen molar-refractivity contribution in [1.82, 2.24) is 5.32 Å². The summed E-state index contributed by atoms with van der Waals surface area (Å²) < 4.78 is 5.66. The Morgan fingerprint density at radius 1 is 1.26 bits per heavy atom. The summed E-state index contributed by atoms with van der Waals surface area (Å²) in [7, 11) is 0. The van der Waals surface area contributed by atoms with E-state index < -0.39 is 11.5 Å². The molecule has 0 heterocycles. The van der Waals surface area contributed by atoms with Crippen molar-refractivity contribution in [3.63, 3.8) is 0 Å². The van der Waals surface area contributed by atoms with Gasteiger partial charge >= 0.3 is 5.97 Å². The number of alkyl halides is 1. The number of hydrogen-bond donors (Lipinski definition) is 1. The molecule has 27 heavy (non-hydrogen) atoms. The van der Waals surface area contributed by atoms with Gasteiger partial charge < -0.3 is 10.1 Å². The number of allylic oxidation sites excluding steroid dienone is 1. The molecule has 0 aliphatic heterocycles. The predicted octanol–water partition coefficient (Wildman–Crippen LogP) is 4.50. The van der Waals surface area contributed by atoms with Crippen molar-refractivity contribution in [2.75, 3.05) is 6.54 Å². The lowest BCUT2D eigenvalue weighted by atomic mass is 9.49. The molecule has 4 nitrogen and oxygen atoms in total. The smallest absolute Gasteiger partial charge is 0.312 e. The highest BCUT2D eigenvalue weighted by atomic mass is 35.5. The van der Waals surface area contributed by atoms with Crippen LogP contribution in [0.15, 0.2) is 11.6 Å². The van der Waals surface area contributed by atoms with Crippen LogP contribution in [0.2, 0.25) is 0 Å². The van der Waals surface area contributed by atoms with E-state index in [1.54, 1.807) is 6.92 Å². The first-order chi connectivity index (χ1) is 12.9. The average molecular weight is 394 g/mol. The first-order valence-corrected chi connectivity index (χ1v) is 11.1. The van der Waals surface area contributed by atoms with E-state index in [1.807, 2.05) is 0 Å². The molecule has 4 bridgehead atoms. The summed E-state index contributed by atoms with van der Waals surface area (Å²) >= 11 is 6.81. The van der Waals surface area contributed by atoms with E-state index in [-0.39, 0.29) is 16.8 Å². The van der Waals surface area contributed by atoms with E-state index in [9.17, 15) is 9.59 Å². The van der Waals surface area contributed by atoms with Crippen LogP contribution in [0.4, 0.5) is 0 Å². The van der Waals surface area contributed by atoms with Crippen LogP contribution in [0.5, 0.6) is 0 Å². The summed E-state index contributed by atoms with van der Waals surface area (Å²) in [4.78, 5) is 25.2. The summed E-state index contributed by atoms with van der Waals surface area (Å²) in [6.45, 7) is 2.30. The highest BCUT2D eigenvalue weighted by Crippen LogP contribution is 2.64. The number of amides is 1. The fraction of sp³-hybridized carbons (Fsp3) is 0.818. The molecular formula is C22H32ClNO3. The molecule has 5 heteroatoms. The molecule has 1 N–H and O–H groups in total. The molecule has 4 saturated carbocycles. The second-order valence-corrected chi connectivity index (χ2v) is 10.4. The molecule has 5 aliphatic carbocycles. The molecule has 0 spiro atoms. The van der Waals surface area contributed by atoms with Crippen molar-refractivity contribution in [2.45, 2.75) is 88.5 Å². The second kappa shape index (κ2) is 7.42. The van der Waals surface area contributed by atoms with Crippen LogP contribution in [0, 0.1) is 17.3 Å². The Morgan fingerprint density at radius 3 is 2.63 bits per heavy atom. The zero-order chi connectivity index (χ0) is 19.1. The average Bonchev–Trinajstić information content (AvgIpc) is 2.60. The number of nitrogens with one attached hydrogen (secondary N) is 1. The third-order valence-corrected chi connectivity index (χ3v) is 7.65. The lowest BCUT2D eigenvalue weighted by Crippen LogP contribution is -2.57. The fourth-order valence-corrected chi connectivity index (χ4v) is 7.04. The van der Waals surface area contributed by atoms with Gasteiger partial charge in [-0.1, -0.05) is 11.6 Å². The minimum absolute atomic E-state index is 0.190. The molecule has 0 aromatic carbocycles. The molecule has 150 valence electrons. The molecule has 4 fully saturated rings. The Labute approximate surface area is 167 Å². The van der Waals surface area contributed by atoms with Crippen molar-refractivity contribution < 1.29 is 14.3 Å². The lowest BCUT2D eigenvalue weighted by Gasteiger charge is -2.58. The Kier molecular flexibility index (Phi) is 5.30. The van der Waals surface area contributed by atoms with Gasteiger partial charge in [0.15, 0.2) is 6.10 Å². The van der Waals surface area contributed by atoms with Crippen LogP contribution < -0.4 is 5.32 Å². The summed E-state index contributed by atoms with van der Waals surface area (Å²) in [6, 6.07) is 0. The monoisotopic (exact) mass is 393 g/mol. The van der Waals surface area contributed by atoms with Gasteiger partial charge in [-0.05, 0) is 89.4 Å². The predicted molar refractivity (Wildman–Crippen MR) is 105 cm³/mol. The van der Waals surface area contributed by atoms with Crippen LogP contribution in [0.3, 0.4) is 0 Å². The van der Waals surface area contributed by atoms with Crippen molar-refractivity contribution in [1.29, 1.82) is 0 Å². The largest absolute Gasteiger partial charge is 0.452 e. The molecule has 0 radical (unpaired) electrons. The van der Waals surface area contributed by atoms with E-state index in [4.69, 9.17) is 16.3 Å². The van der Waals surface area contributed by atoms with Crippen molar-refractivity contribution >= 4 is 23.5 Å². The van der Waals surface area contributed by atoms with Gasteiger partial charge in [0, 0.05) is 11.4 Å². The number of carbonyl (C=O) groups is 2. The Morgan fingerprint density at radius 2 is 2.00 bits per heavy atom. The topological polar surface area (TPSA) is 55.4 Å². The minimum Gasteiger partial charge on any atom is -0.452 e. The maximum atomic E-state index is 13.0. The third-order valence-electron chi connectivity index (χ3n) is 7.21. The molecule has 0 saturated heterocycles. The highest BCUT2D eigenvalue weighted by Gasteiger charge is 2.61. The van der Waals surface area contributed by atoms with Gasteiger partial charge in [-0.25, -0.2) is 0 Å². The van der Waals surface area contributed by atoms with Crippen LogP contribution in [-0.2, 0) is 14.3 Å². The van der Waals surface area contributed by atoms with Crippen molar-refractivity contribution in [3.8, 4) is 0 Å². The van der Waals surface area contributed by atoms with Gasteiger partial charge in [0.25, 0.3) is 5.91 Å². The van der Waals surface area contributed by atoms with Crippen LogP contribution in [-0.4, -0.2) is 29.4 Å². The zero-order valence-corrected chi connectivity index (χ0v) is 17.2. The summed E-state index contributed by atoms with van der Waals surface area (Å²) in [5, 5.41) is 2.93. The highest BCUT2D eigenvalue weighted by molar-refractivity contribution is 6.24. The van der Waals surface area contributed by atoms with Gasteiger partial charge in [0.2, 0.25) is 0 Å². The zero-order valence-electron chi connectivity index (χ0n) is 16.4. The Balaban J connectivity index is 1.28. The first kappa shape index (κ1) is 19.3. The minimum atomic E-state index is -0.739. The molecule has 0 aromatic rings. The van der Waals surface area contributed by atoms with Gasteiger partial charge in [-0.3, -0.25) is 9.59 Å². The summed E-state index contributed by atoms with van der Waals surface area (Å²) in [5.41, 5.74) is 0.986. The number of halogens is 1. The van der Waals surface area contributed by atoms with Crippen molar-refractivity contribution in [2.24, 2.45) is 17.3 Å². The maximum Gasteiger partial charge on any atom is 0.312 e. The molecular weight excluding hydrogens is 362 g/mol. The second-order valence-electron chi connectivity index (χ2n) is 9.59. The summed E-state index contributed by atoms with van der Waals surface area (Å²) in [6.07, 6.45) is 13.0. The van der Waals surface area contributed by atoms with Crippen LogP contribution in [0.1, 0.15) is 77.6 Å². The fourth-order valence-electron chi connectivity index (χ4n) is 6.35. The van der Waals surface area contributed by atoms with Crippen LogP contribution in [0.25, 0.3) is 0 Å². The number of esters is 1. The number of ether oxygens (including phenoxy) is 1. The molecule has 5 rings (SSSR count). The third kappa shape index (κ3) is 4.06. The van der Waals surface area contributed by atoms with Crippen molar-refractivity contribution in [3.05, 3.63) is 11.6 Å². The summed E-state index contributed by atoms with van der Waals surface area (Å²) in [5.74, 6) is 0.706. The molecule has 5 aliphatic rings. The van der Waals surface area contributed by atoms with E-state index in [2.05, 4.69) is 11.4 Å². The molecule has 0 aromatic heterocycles. The Bertz CT molecular complexity index is 629. The van der Waals surface area contributed by atoms with Crippen LogP contribution >= 0.6 is 11.6 Å². The SMILES string of the molecule is C[C@H](OC(=O)C12C[C@@H]3C[C@@H](CC(Cl)(C3)C1)C2)C(=O)NCCC1=CCCCC1. The van der Waals surface area contributed by atoms with E-state index in [1.165, 1.54) is 24.8 Å². The number of rotatable bonds is 6. The molecule has 5 atom stereocenters. The molecule has 1 amide bonds. The maximum absolute atomic E-state index is 13.0. The Hall–Kier alpha value is -1.03. The first-order valence-electron chi connectivity index (χ1n) is 10.7. The number of carbonyl (C=O) groups excluding carboxylic acids is 2. The standard InChI is InChI=1S/C22H32ClNO3/c1-15(19(25)24-8-7-16-5-3-2-4-6-16)27-20(26)21-10-17-9-18(11-21)13-22(23,12-17)14-21/h5,15,17-18H,2-4,6-14H2,1H3,(H,24,25)/t15-,17-,18+,21?,22?/m0/s1. The van der Waals surface area contributed by atoms with Gasteiger partial charge in [-0.2, -0.15) is 0 Å².